The second kappa shape index (κ2) is 6.21. The first-order valence-corrected chi connectivity index (χ1v) is 6.99. The molecule has 1 aromatic heterocycles. The highest BCUT2D eigenvalue weighted by atomic mass is 79.9. The van der Waals surface area contributed by atoms with Gasteiger partial charge in [0.2, 0.25) is 0 Å². The lowest BCUT2D eigenvalue weighted by Crippen LogP contribution is -2.16. The Labute approximate surface area is 121 Å². The Morgan fingerprint density at radius 3 is 2.78 bits per heavy atom. The van der Waals surface area contributed by atoms with Crippen molar-refractivity contribution in [1.29, 1.82) is 0 Å². The third-order valence-electron chi connectivity index (χ3n) is 2.74. The SMILES string of the molecule is CN(Cc1ccccc1Br)c1ccnc(CCl)c1. The molecule has 94 valence electrons. The molecule has 4 heteroatoms. The van der Waals surface area contributed by atoms with Crippen molar-refractivity contribution in [2.24, 2.45) is 0 Å². The summed E-state index contributed by atoms with van der Waals surface area (Å²) in [4.78, 5) is 6.38. The molecule has 0 atom stereocenters. The molecule has 0 amide bonds. The van der Waals surface area contributed by atoms with Crippen LogP contribution >= 0.6 is 27.5 Å². The average molecular weight is 326 g/mol. The van der Waals surface area contributed by atoms with E-state index in [2.05, 4.69) is 45.0 Å². The lowest BCUT2D eigenvalue weighted by molar-refractivity contribution is 0.913. The first kappa shape index (κ1) is 13.4. The minimum Gasteiger partial charge on any atom is -0.370 e. The molecule has 0 aliphatic carbocycles. The molecule has 0 aliphatic rings. The maximum Gasteiger partial charge on any atom is 0.0648 e. The fourth-order valence-corrected chi connectivity index (χ4v) is 2.31. The van der Waals surface area contributed by atoms with Crippen LogP contribution in [0, 0.1) is 0 Å². The normalized spacial score (nSPS) is 10.4. The number of hydrogen-bond donors (Lipinski definition) is 0. The van der Waals surface area contributed by atoms with Gasteiger partial charge in [-0.05, 0) is 23.8 Å². The quantitative estimate of drug-likeness (QED) is 0.782. The molecule has 1 aromatic carbocycles. The number of benzene rings is 1. The highest BCUT2D eigenvalue weighted by Gasteiger charge is 2.05. The second-order valence-electron chi connectivity index (χ2n) is 4.09. The topological polar surface area (TPSA) is 16.1 Å². The molecule has 2 rings (SSSR count). The van der Waals surface area contributed by atoms with Crippen LogP contribution in [0.5, 0.6) is 0 Å². The predicted octanol–water partition coefficient (Wildman–Crippen LogP) is 4.22. The largest absolute Gasteiger partial charge is 0.370 e. The van der Waals surface area contributed by atoms with E-state index in [0.29, 0.717) is 5.88 Å². The Morgan fingerprint density at radius 2 is 2.06 bits per heavy atom. The molecule has 0 N–H and O–H groups in total. The van der Waals surface area contributed by atoms with Gasteiger partial charge in [-0.15, -0.1) is 11.6 Å². The number of pyridine rings is 1. The molecule has 0 spiro atoms. The summed E-state index contributed by atoms with van der Waals surface area (Å²) < 4.78 is 1.13. The van der Waals surface area contributed by atoms with Gasteiger partial charge >= 0.3 is 0 Å². The van der Waals surface area contributed by atoms with Crippen LogP contribution in [-0.2, 0) is 12.4 Å². The van der Waals surface area contributed by atoms with Crippen LogP contribution in [0.25, 0.3) is 0 Å². The zero-order valence-electron chi connectivity index (χ0n) is 10.1. The molecular formula is C14H14BrClN2. The summed E-state index contributed by atoms with van der Waals surface area (Å²) in [7, 11) is 2.06. The maximum atomic E-state index is 5.80. The van der Waals surface area contributed by atoms with Gasteiger partial charge in [0.15, 0.2) is 0 Å². The lowest BCUT2D eigenvalue weighted by atomic mass is 10.2. The smallest absolute Gasteiger partial charge is 0.0648 e. The highest BCUT2D eigenvalue weighted by molar-refractivity contribution is 9.10. The molecule has 0 aliphatic heterocycles. The number of alkyl halides is 1. The summed E-state index contributed by atoms with van der Waals surface area (Å²) in [5, 5.41) is 0. The van der Waals surface area contributed by atoms with Crippen molar-refractivity contribution >= 4 is 33.2 Å². The molecule has 0 radical (unpaired) electrons. The van der Waals surface area contributed by atoms with Crippen LogP contribution in [0.15, 0.2) is 47.1 Å². The van der Waals surface area contributed by atoms with Crippen molar-refractivity contribution in [2.75, 3.05) is 11.9 Å². The summed E-state index contributed by atoms with van der Waals surface area (Å²) in [5.74, 6) is 0.441. The van der Waals surface area contributed by atoms with Crippen molar-refractivity contribution in [3.05, 3.63) is 58.3 Å². The summed E-state index contributed by atoms with van der Waals surface area (Å²) in [6, 6.07) is 12.2. The summed E-state index contributed by atoms with van der Waals surface area (Å²) in [5.41, 5.74) is 3.27. The maximum absolute atomic E-state index is 5.80. The van der Waals surface area contributed by atoms with Gasteiger partial charge in [0, 0.05) is 29.9 Å². The second-order valence-corrected chi connectivity index (χ2v) is 5.21. The summed E-state index contributed by atoms with van der Waals surface area (Å²) in [6.45, 7) is 0.840. The standard InChI is InChI=1S/C14H14BrClN2/c1-18(10-11-4-2-3-5-14(11)15)13-6-7-17-12(8-13)9-16/h2-8H,9-10H2,1H3. The monoisotopic (exact) mass is 324 g/mol. The van der Waals surface area contributed by atoms with E-state index in [0.717, 1.165) is 22.4 Å². The fourth-order valence-electron chi connectivity index (χ4n) is 1.75. The van der Waals surface area contributed by atoms with Crippen LogP contribution in [0.1, 0.15) is 11.3 Å². The van der Waals surface area contributed by atoms with Crippen LogP contribution in [0.3, 0.4) is 0 Å². The Balaban J connectivity index is 2.16. The van der Waals surface area contributed by atoms with Gasteiger partial charge in [0.05, 0.1) is 11.6 Å². The van der Waals surface area contributed by atoms with Gasteiger partial charge < -0.3 is 4.90 Å². The Hall–Kier alpha value is -1.06. The molecule has 2 nitrogen and oxygen atoms in total. The fraction of sp³-hybridized carbons (Fsp3) is 0.214. The van der Waals surface area contributed by atoms with E-state index in [1.54, 1.807) is 6.20 Å². The molecule has 1 heterocycles. The Bertz CT molecular complexity index is 531. The average Bonchev–Trinajstić information content (AvgIpc) is 2.41. The molecule has 2 aromatic rings. The Morgan fingerprint density at radius 1 is 1.28 bits per heavy atom. The summed E-state index contributed by atoms with van der Waals surface area (Å²) in [6.07, 6.45) is 1.80. The molecule has 18 heavy (non-hydrogen) atoms. The minimum absolute atomic E-state index is 0.441. The van der Waals surface area contributed by atoms with Crippen LogP contribution < -0.4 is 4.90 Å². The van der Waals surface area contributed by atoms with Crippen molar-refractivity contribution in [2.45, 2.75) is 12.4 Å². The van der Waals surface area contributed by atoms with E-state index < -0.39 is 0 Å². The number of aromatic nitrogens is 1. The third kappa shape index (κ3) is 3.24. The van der Waals surface area contributed by atoms with Crippen LogP contribution in [-0.4, -0.2) is 12.0 Å². The van der Waals surface area contributed by atoms with Crippen molar-refractivity contribution in [3.63, 3.8) is 0 Å². The first-order chi connectivity index (χ1) is 8.70. The zero-order chi connectivity index (χ0) is 13.0. The molecule has 0 saturated heterocycles. The van der Waals surface area contributed by atoms with Gasteiger partial charge in [-0.1, -0.05) is 34.1 Å². The number of rotatable bonds is 4. The number of nitrogens with zero attached hydrogens (tertiary/aromatic N) is 2. The molecule has 0 fully saturated rings. The van der Waals surface area contributed by atoms with Crippen molar-refractivity contribution < 1.29 is 0 Å². The van der Waals surface area contributed by atoms with Crippen molar-refractivity contribution in [3.8, 4) is 0 Å². The predicted molar refractivity (Wildman–Crippen MR) is 80.0 cm³/mol. The van der Waals surface area contributed by atoms with E-state index in [-0.39, 0.29) is 0 Å². The number of halogens is 2. The third-order valence-corrected chi connectivity index (χ3v) is 3.79. The number of hydrogen-bond acceptors (Lipinski definition) is 2. The first-order valence-electron chi connectivity index (χ1n) is 5.66. The van der Waals surface area contributed by atoms with Gasteiger partial charge in [0.1, 0.15) is 0 Å². The minimum atomic E-state index is 0.441. The van der Waals surface area contributed by atoms with Gasteiger partial charge in [-0.2, -0.15) is 0 Å². The van der Waals surface area contributed by atoms with E-state index in [4.69, 9.17) is 11.6 Å². The van der Waals surface area contributed by atoms with E-state index in [1.165, 1.54) is 5.56 Å². The van der Waals surface area contributed by atoms with Gasteiger partial charge in [0.25, 0.3) is 0 Å². The van der Waals surface area contributed by atoms with Crippen LogP contribution in [0.4, 0.5) is 5.69 Å². The van der Waals surface area contributed by atoms with Crippen molar-refractivity contribution in [1.82, 2.24) is 4.98 Å². The van der Waals surface area contributed by atoms with Gasteiger partial charge in [-0.3, -0.25) is 4.98 Å². The van der Waals surface area contributed by atoms with E-state index >= 15 is 0 Å². The lowest BCUT2D eigenvalue weighted by Gasteiger charge is -2.20. The van der Waals surface area contributed by atoms with E-state index in [1.807, 2.05) is 24.3 Å². The summed E-state index contributed by atoms with van der Waals surface area (Å²) >= 11 is 9.37. The zero-order valence-corrected chi connectivity index (χ0v) is 12.4. The van der Waals surface area contributed by atoms with E-state index in [9.17, 15) is 0 Å². The molecule has 0 saturated carbocycles. The van der Waals surface area contributed by atoms with Gasteiger partial charge in [-0.25, -0.2) is 0 Å². The molecule has 0 unspecified atom stereocenters. The number of anilines is 1. The van der Waals surface area contributed by atoms with Crippen LogP contribution in [0.2, 0.25) is 0 Å². The molecule has 0 bridgehead atoms. The Kier molecular flexibility index (Phi) is 4.61. The molecular weight excluding hydrogens is 312 g/mol. The highest BCUT2D eigenvalue weighted by Crippen LogP contribution is 2.21.